The molecule has 0 bridgehead atoms. The van der Waals surface area contributed by atoms with Crippen LogP contribution in [0.2, 0.25) is 0 Å². The van der Waals surface area contributed by atoms with E-state index in [1.807, 2.05) is 0 Å². The van der Waals surface area contributed by atoms with Gasteiger partial charge < -0.3 is 14.6 Å². The van der Waals surface area contributed by atoms with Gasteiger partial charge in [0.2, 0.25) is 5.75 Å². The predicted molar refractivity (Wildman–Crippen MR) is 142 cm³/mol. The number of phenolic OH excluding ortho intramolecular Hbond substituents is 1. The number of nitro benzene ring substituents is 1. The lowest BCUT2D eigenvalue weighted by Gasteiger charge is -2.26. The van der Waals surface area contributed by atoms with Crippen LogP contribution < -0.4 is 19.7 Å². The summed E-state index contributed by atoms with van der Waals surface area (Å²) < 4.78 is 50.5. The van der Waals surface area contributed by atoms with Crippen molar-refractivity contribution in [3.63, 3.8) is 0 Å². The summed E-state index contributed by atoms with van der Waals surface area (Å²) in [4.78, 5) is 49.5. The number of nitrogens with zero attached hydrogens (tertiary/aromatic N) is 2. The number of nitrogens with one attached hydrogen (secondary N) is 1. The summed E-state index contributed by atoms with van der Waals surface area (Å²) in [5, 5.41) is 23.1. The van der Waals surface area contributed by atoms with E-state index in [2.05, 4.69) is 11.9 Å². The SMILES string of the molecule is C=CCc1cc(/C=C2\C(=O)NC(=O)N(c3ccc(O)cc3)C2=O)cc(OC)c1Oc1ccc(C(F)(F)F)cc1[N+](=O)[O-]. The number of methoxy groups -OCH3 is 1. The Hall–Kier alpha value is -5.66. The van der Waals surface area contributed by atoms with Gasteiger partial charge >= 0.3 is 17.9 Å². The molecule has 1 aliphatic rings. The third-order valence-corrected chi connectivity index (χ3v) is 5.95. The highest BCUT2D eigenvalue weighted by atomic mass is 19.4. The van der Waals surface area contributed by atoms with Gasteiger partial charge in [-0.25, -0.2) is 9.69 Å². The number of imide groups is 2. The molecule has 0 aliphatic carbocycles. The number of aromatic hydroxyl groups is 1. The van der Waals surface area contributed by atoms with E-state index in [-0.39, 0.29) is 34.9 Å². The highest BCUT2D eigenvalue weighted by Crippen LogP contribution is 2.42. The average molecular weight is 583 g/mol. The number of phenols is 1. The number of amides is 4. The molecule has 42 heavy (non-hydrogen) atoms. The number of hydrogen-bond donors (Lipinski definition) is 2. The number of anilines is 1. The topological polar surface area (TPSA) is 148 Å². The van der Waals surface area contributed by atoms with Crippen LogP contribution in [0.4, 0.5) is 29.3 Å². The van der Waals surface area contributed by atoms with Crippen molar-refractivity contribution in [1.82, 2.24) is 5.32 Å². The molecule has 216 valence electrons. The minimum atomic E-state index is -4.82. The number of ether oxygens (including phenoxy) is 2. The summed E-state index contributed by atoms with van der Waals surface area (Å²) in [6.07, 6.45) is -2.12. The van der Waals surface area contributed by atoms with Crippen molar-refractivity contribution in [1.29, 1.82) is 0 Å². The van der Waals surface area contributed by atoms with Crippen LogP contribution in [0.15, 0.2) is 72.8 Å². The van der Waals surface area contributed by atoms with E-state index in [0.29, 0.717) is 22.6 Å². The van der Waals surface area contributed by atoms with Gasteiger partial charge in [0.25, 0.3) is 11.8 Å². The molecule has 0 aromatic heterocycles. The molecule has 4 amide bonds. The molecule has 11 nitrogen and oxygen atoms in total. The monoisotopic (exact) mass is 583 g/mol. The van der Waals surface area contributed by atoms with Gasteiger partial charge in [0.05, 0.1) is 23.3 Å². The Labute approximate surface area is 235 Å². The standard InChI is InChI=1S/C28H20F3N3O8/c1-3-4-16-11-15(12-20-25(36)32-27(38)33(26(20)37)18-6-8-19(35)9-7-18)13-23(41-2)24(16)42-22-10-5-17(28(29,30)31)14-21(22)34(39)40/h3,5-14,35H,1,4H2,2H3,(H,32,36,38)/b20-12+. The van der Waals surface area contributed by atoms with Gasteiger partial charge in [0.1, 0.15) is 11.3 Å². The third-order valence-electron chi connectivity index (χ3n) is 5.95. The molecular formula is C28H20F3N3O8. The number of allylic oxidation sites excluding steroid dienone is 1. The number of barbiturate groups is 1. The fourth-order valence-electron chi connectivity index (χ4n) is 4.03. The van der Waals surface area contributed by atoms with Crippen molar-refractivity contribution in [2.75, 3.05) is 12.0 Å². The summed E-state index contributed by atoms with van der Waals surface area (Å²) >= 11 is 0. The van der Waals surface area contributed by atoms with Crippen molar-refractivity contribution in [2.45, 2.75) is 12.6 Å². The van der Waals surface area contributed by atoms with Gasteiger partial charge in [-0.2, -0.15) is 13.2 Å². The van der Waals surface area contributed by atoms with E-state index >= 15 is 0 Å². The summed E-state index contributed by atoms with van der Waals surface area (Å²) in [5.41, 5.74) is -2.01. The number of hydrogen-bond acceptors (Lipinski definition) is 8. The van der Waals surface area contributed by atoms with E-state index in [4.69, 9.17) is 9.47 Å². The van der Waals surface area contributed by atoms with Crippen LogP contribution in [-0.2, 0) is 22.2 Å². The van der Waals surface area contributed by atoms with Gasteiger partial charge in [-0.05, 0) is 66.6 Å². The van der Waals surface area contributed by atoms with Crippen LogP contribution in [0.25, 0.3) is 6.08 Å². The Bertz CT molecular complexity index is 1650. The molecule has 0 spiro atoms. The minimum Gasteiger partial charge on any atom is -0.508 e. The molecule has 1 saturated heterocycles. The first-order chi connectivity index (χ1) is 19.8. The quantitative estimate of drug-likeness (QED) is 0.116. The maximum Gasteiger partial charge on any atom is 0.416 e. The fourth-order valence-corrected chi connectivity index (χ4v) is 4.03. The first kappa shape index (κ1) is 29.3. The van der Waals surface area contributed by atoms with Crippen LogP contribution >= 0.6 is 0 Å². The average Bonchev–Trinajstić information content (AvgIpc) is 2.92. The van der Waals surface area contributed by atoms with Crippen molar-refractivity contribution < 1.29 is 47.1 Å². The second-order valence-corrected chi connectivity index (χ2v) is 8.72. The van der Waals surface area contributed by atoms with Gasteiger partial charge in [-0.1, -0.05) is 6.08 Å². The zero-order valence-corrected chi connectivity index (χ0v) is 21.6. The summed E-state index contributed by atoms with van der Waals surface area (Å²) in [5.74, 6) is -2.66. The van der Waals surface area contributed by atoms with Gasteiger partial charge in [0.15, 0.2) is 11.5 Å². The number of carbonyl (C=O) groups is 3. The number of rotatable bonds is 8. The first-order valence-corrected chi connectivity index (χ1v) is 11.9. The normalized spacial score (nSPS) is 14.5. The largest absolute Gasteiger partial charge is 0.508 e. The number of carbonyl (C=O) groups excluding carboxylic acids is 3. The van der Waals surface area contributed by atoms with Crippen LogP contribution in [0.5, 0.6) is 23.0 Å². The lowest BCUT2D eigenvalue weighted by atomic mass is 10.0. The predicted octanol–water partition coefficient (Wildman–Crippen LogP) is 5.52. The molecule has 3 aromatic rings. The number of nitro groups is 1. The van der Waals surface area contributed by atoms with Crippen LogP contribution in [-0.4, -0.2) is 35.0 Å². The van der Waals surface area contributed by atoms with Gasteiger partial charge in [0, 0.05) is 11.6 Å². The maximum absolute atomic E-state index is 13.2. The summed E-state index contributed by atoms with van der Waals surface area (Å²) in [7, 11) is 1.24. The molecule has 0 atom stereocenters. The van der Waals surface area contributed by atoms with Crippen LogP contribution in [0.3, 0.4) is 0 Å². The van der Waals surface area contributed by atoms with Crippen molar-refractivity contribution >= 4 is 35.3 Å². The number of urea groups is 1. The molecule has 4 rings (SSSR count). The highest BCUT2D eigenvalue weighted by molar-refractivity contribution is 6.39. The second-order valence-electron chi connectivity index (χ2n) is 8.72. The number of halogens is 3. The molecule has 0 saturated carbocycles. The van der Waals surface area contributed by atoms with E-state index in [9.17, 15) is 42.8 Å². The highest BCUT2D eigenvalue weighted by Gasteiger charge is 2.37. The smallest absolute Gasteiger partial charge is 0.416 e. The lowest BCUT2D eigenvalue weighted by molar-refractivity contribution is -0.385. The Morgan fingerprint density at radius 3 is 2.36 bits per heavy atom. The summed E-state index contributed by atoms with van der Waals surface area (Å²) in [6.45, 7) is 3.65. The minimum absolute atomic E-state index is 0.0365. The van der Waals surface area contributed by atoms with Crippen LogP contribution in [0, 0.1) is 10.1 Å². The zero-order valence-electron chi connectivity index (χ0n) is 21.6. The zero-order chi connectivity index (χ0) is 30.8. The Kier molecular flexibility index (Phi) is 7.99. The van der Waals surface area contributed by atoms with Crippen LogP contribution in [0.1, 0.15) is 16.7 Å². The van der Waals surface area contributed by atoms with Crippen molar-refractivity contribution in [3.05, 3.63) is 99.6 Å². The maximum atomic E-state index is 13.2. The Morgan fingerprint density at radius 2 is 1.76 bits per heavy atom. The molecule has 2 N–H and O–H groups in total. The molecule has 1 fully saturated rings. The third kappa shape index (κ3) is 5.91. The molecule has 1 aliphatic heterocycles. The second kappa shape index (κ2) is 11.4. The number of benzene rings is 3. The Morgan fingerprint density at radius 1 is 1.07 bits per heavy atom. The van der Waals surface area contributed by atoms with E-state index in [1.54, 1.807) is 0 Å². The number of alkyl halides is 3. The fraction of sp³-hybridized carbons (Fsp3) is 0.107. The molecule has 0 radical (unpaired) electrons. The van der Waals surface area contributed by atoms with E-state index in [0.717, 1.165) is 6.07 Å². The molecule has 1 heterocycles. The van der Waals surface area contributed by atoms with E-state index in [1.165, 1.54) is 55.7 Å². The first-order valence-electron chi connectivity index (χ1n) is 11.9. The molecule has 3 aromatic carbocycles. The van der Waals surface area contributed by atoms with E-state index < -0.39 is 51.5 Å². The van der Waals surface area contributed by atoms with Gasteiger partial charge in [-0.15, -0.1) is 6.58 Å². The van der Waals surface area contributed by atoms with Crippen molar-refractivity contribution in [3.8, 4) is 23.0 Å². The molecular weight excluding hydrogens is 563 g/mol. The van der Waals surface area contributed by atoms with Crippen molar-refractivity contribution in [2.24, 2.45) is 0 Å². The molecule has 0 unspecified atom stereocenters. The van der Waals surface area contributed by atoms with Gasteiger partial charge in [-0.3, -0.25) is 25.0 Å². The summed E-state index contributed by atoms with van der Waals surface area (Å²) in [6, 6.07) is 8.68. The molecule has 14 heteroatoms. The lowest BCUT2D eigenvalue weighted by Crippen LogP contribution is -2.54. The Balaban J connectivity index is 1.78.